The number of carbonyl (C=O) groups excluding carboxylic acids is 1. The van der Waals surface area contributed by atoms with Crippen LogP contribution in [-0.2, 0) is 12.6 Å². The molecule has 1 saturated heterocycles. The summed E-state index contributed by atoms with van der Waals surface area (Å²) in [6.45, 7) is 8.78. The summed E-state index contributed by atoms with van der Waals surface area (Å²) in [5, 5.41) is 0. The van der Waals surface area contributed by atoms with E-state index < -0.39 is 11.7 Å². The average Bonchev–Trinajstić information content (AvgIpc) is 2.72. The lowest BCUT2D eigenvalue weighted by molar-refractivity contribution is -0.137. The summed E-state index contributed by atoms with van der Waals surface area (Å²) < 4.78 is 38.1. The van der Waals surface area contributed by atoms with Gasteiger partial charge in [0.1, 0.15) is 5.82 Å². The summed E-state index contributed by atoms with van der Waals surface area (Å²) in [5.41, 5.74) is 1.19. The Labute approximate surface area is 175 Å². The van der Waals surface area contributed by atoms with Crippen LogP contribution in [0.2, 0.25) is 0 Å². The maximum Gasteiger partial charge on any atom is 0.417 e. The second-order valence-electron chi connectivity index (χ2n) is 8.26. The Morgan fingerprint density at radius 3 is 2.13 bits per heavy atom. The summed E-state index contributed by atoms with van der Waals surface area (Å²) in [5.74, 6) is 1.19. The fraction of sp³-hybridized carbons (Fsp3) is 0.478. The molecular formula is C23H28F3N3O. The largest absolute Gasteiger partial charge is 0.417 e. The molecule has 2 aromatic rings. The molecule has 1 aromatic heterocycles. The molecular weight excluding hydrogens is 391 g/mol. The van der Waals surface area contributed by atoms with Crippen molar-refractivity contribution in [2.24, 2.45) is 5.92 Å². The molecule has 162 valence electrons. The van der Waals surface area contributed by atoms with Gasteiger partial charge in [0.25, 0.3) is 0 Å². The van der Waals surface area contributed by atoms with E-state index in [9.17, 15) is 18.0 Å². The third kappa shape index (κ3) is 5.39. The summed E-state index contributed by atoms with van der Waals surface area (Å²) in [6, 6.07) is 10.1. The Morgan fingerprint density at radius 2 is 1.63 bits per heavy atom. The molecule has 1 fully saturated rings. The van der Waals surface area contributed by atoms with Crippen molar-refractivity contribution in [1.29, 1.82) is 0 Å². The molecule has 1 aliphatic heterocycles. The van der Waals surface area contributed by atoms with Gasteiger partial charge >= 0.3 is 6.18 Å². The Hall–Kier alpha value is -2.41. The first-order chi connectivity index (χ1) is 14.1. The molecule has 0 bridgehead atoms. The van der Waals surface area contributed by atoms with Gasteiger partial charge in [-0.1, -0.05) is 38.1 Å². The van der Waals surface area contributed by atoms with Gasteiger partial charge in [-0.25, -0.2) is 4.98 Å². The Bertz CT molecular complexity index is 839. The minimum atomic E-state index is -4.38. The molecule has 1 aromatic carbocycles. The number of pyridine rings is 1. The van der Waals surface area contributed by atoms with E-state index in [0.717, 1.165) is 18.7 Å². The minimum absolute atomic E-state index is 0.0900. The zero-order valence-corrected chi connectivity index (χ0v) is 17.6. The lowest BCUT2D eigenvalue weighted by atomic mass is 9.98. The molecule has 30 heavy (non-hydrogen) atoms. The summed E-state index contributed by atoms with van der Waals surface area (Å²) in [7, 11) is 0. The van der Waals surface area contributed by atoms with E-state index in [1.807, 2.05) is 36.1 Å². The van der Waals surface area contributed by atoms with Gasteiger partial charge < -0.3 is 4.90 Å². The van der Waals surface area contributed by atoms with Gasteiger partial charge in [0.15, 0.2) is 5.78 Å². The van der Waals surface area contributed by atoms with Gasteiger partial charge in [-0.3, -0.25) is 9.69 Å². The molecule has 2 heterocycles. The van der Waals surface area contributed by atoms with Crippen LogP contribution in [0.3, 0.4) is 0 Å². The van der Waals surface area contributed by atoms with E-state index in [4.69, 9.17) is 0 Å². The highest BCUT2D eigenvalue weighted by Crippen LogP contribution is 2.29. The SMILES string of the molecule is CC(C)Cc1ccc(C(=O)C(C)N2CCN(c3ccc(C(F)(F)F)cn3)CC2)cc1. The van der Waals surface area contributed by atoms with E-state index in [1.54, 1.807) is 0 Å². The number of alkyl halides is 3. The minimum Gasteiger partial charge on any atom is -0.354 e. The van der Waals surface area contributed by atoms with Crippen molar-refractivity contribution in [3.05, 3.63) is 59.3 Å². The monoisotopic (exact) mass is 419 g/mol. The average molecular weight is 419 g/mol. The van der Waals surface area contributed by atoms with Crippen LogP contribution in [0, 0.1) is 5.92 Å². The molecule has 0 saturated carbocycles. The lowest BCUT2D eigenvalue weighted by Crippen LogP contribution is -2.52. The van der Waals surface area contributed by atoms with Crippen LogP contribution in [0.25, 0.3) is 0 Å². The van der Waals surface area contributed by atoms with Crippen LogP contribution in [0.5, 0.6) is 0 Å². The highest BCUT2D eigenvalue weighted by Gasteiger charge is 2.31. The second-order valence-corrected chi connectivity index (χ2v) is 8.26. The van der Waals surface area contributed by atoms with Gasteiger partial charge in [0.05, 0.1) is 11.6 Å². The van der Waals surface area contributed by atoms with Gasteiger partial charge in [0.2, 0.25) is 0 Å². The Kier molecular flexibility index (Phi) is 6.81. The number of piperazine rings is 1. The Morgan fingerprint density at radius 1 is 1.00 bits per heavy atom. The topological polar surface area (TPSA) is 36.4 Å². The number of nitrogens with zero attached hydrogens (tertiary/aromatic N) is 3. The summed E-state index contributed by atoms with van der Waals surface area (Å²) >= 11 is 0. The third-order valence-corrected chi connectivity index (χ3v) is 5.52. The van der Waals surface area contributed by atoms with Crippen molar-refractivity contribution in [3.63, 3.8) is 0 Å². The smallest absolute Gasteiger partial charge is 0.354 e. The van der Waals surface area contributed by atoms with E-state index in [1.165, 1.54) is 11.6 Å². The van der Waals surface area contributed by atoms with Gasteiger partial charge in [-0.2, -0.15) is 13.2 Å². The molecule has 1 unspecified atom stereocenters. The first kappa shape index (κ1) is 22.3. The van der Waals surface area contributed by atoms with E-state index in [0.29, 0.717) is 43.5 Å². The van der Waals surface area contributed by atoms with Crippen LogP contribution in [0.15, 0.2) is 42.6 Å². The van der Waals surface area contributed by atoms with Crippen LogP contribution in [0.1, 0.15) is 42.3 Å². The number of ketones is 1. The van der Waals surface area contributed by atoms with Crippen LogP contribution in [-0.4, -0.2) is 47.9 Å². The molecule has 0 spiro atoms. The zero-order chi connectivity index (χ0) is 21.9. The highest BCUT2D eigenvalue weighted by molar-refractivity contribution is 5.99. The van der Waals surface area contributed by atoms with Crippen molar-refractivity contribution in [2.45, 2.75) is 39.4 Å². The van der Waals surface area contributed by atoms with Gasteiger partial charge in [-0.05, 0) is 37.0 Å². The molecule has 4 nitrogen and oxygen atoms in total. The highest BCUT2D eigenvalue weighted by atomic mass is 19.4. The second kappa shape index (κ2) is 9.16. The number of rotatable bonds is 6. The van der Waals surface area contributed by atoms with Crippen molar-refractivity contribution in [1.82, 2.24) is 9.88 Å². The number of hydrogen-bond donors (Lipinski definition) is 0. The number of hydrogen-bond acceptors (Lipinski definition) is 4. The number of anilines is 1. The zero-order valence-electron chi connectivity index (χ0n) is 17.6. The first-order valence-corrected chi connectivity index (χ1v) is 10.3. The molecule has 0 aliphatic carbocycles. The number of carbonyl (C=O) groups is 1. The predicted octanol–water partition coefficient (Wildman–Crippen LogP) is 4.69. The van der Waals surface area contributed by atoms with Gasteiger partial charge in [-0.15, -0.1) is 0 Å². The van der Waals surface area contributed by atoms with Crippen molar-refractivity contribution < 1.29 is 18.0 Å². The predicted molar refractivity (Wildman–Crippen MR) is 112 cm³/mol. The molecule has 1 aliphatic rings. The molecule has 0 radical (unpaired) electrons. The quantitative estimate of drug-likeness (QED) is 0.637. The van der Waals surface area contributed by atoms with Crippen molar-refractivity contribution in [2.75, 3.05) is 31.1 Å². The van der Waals surface area contributed by atoms with E-state index >= 15 is 0 Å². The standard InChI is InChI=1S/C23H28F3N3O/c1-16(2)14-18-4-6-19(7-5-18)22(30)17(3)28-10-12-29(13-11-28)21-9-8-20(15-27-21)23(24,25)26/h4-9,15-17H,10-14H2,1-3H3. The van der Waals surface area contributed by atoms with Crippen LogP contribution >= 0.6 is 0 Å². The number of benzene rings is 1. The molecule has 7 heteroatoms. The Balaban J connectivity index is 1.57. The summed E-state index contributed by atoms with van der Waals surface area (Å²) in [4.78, 5) is 20.9. The molecule has 3 rings (SSSR count). The van der Waals surface area contributed by atoms with E-state index in [-0.39, 0.29) is 11.8 Å². The third-order valence-electron chi connectivity index (χ3n) is 5.52. The fourth-order valence-electron chi connectivity index (χ4n) is 3.76. The maximum atomic E-state index is 12.9. The molecule has 0 amide bonds. The first-order valence-electron chi connectivity index (χ1n) is 10.3. The number of halogens is 3. The fourth-order valence-corrected chi connectivity index (χ4v) is 3.76. The van der Waals surface area contributed by atoms with Crippen LogP contribution < -0.4 is 4.90 Å². The van der Waals surface area contributed by atoms with Gasteiger partial charge in [0, 0.05) is 37.9 Å². The van der Waals surface area contributed by atoms with Crippen LogP contribution in [0.4, 0.5) is 19.0 Å². The van der Waals surface area contributed by atoms with Crippen molar-refractivity contribution >= 4 is 11.6 Å². The normalized spacial score (nSPS) is 16.7. The molecule has 0 N–H and O–H groups in total. The lowest BCUT2D eigenvalue weighted by Gasteiger charge is -2.38. The number of aromatic nitrogens is 1. The maximum absolute atomic E-state index is 12.9. The summed E-state index contributed by atoms with van der Waals surface area (Å²) in [6.07, 6.45) is -2.52. The number of Topliss-reactive ketones (excluding diaryl/α,β-unsaturated/α-hetero) is 1. The van der Waals surface area contributed by atoms with E-state index in [2.05, 4.69) is 23.7 Å². The molecule has 1 atom stereocenters. The van der Waals surface area contributed by atoms with Crippen molar-refractivity contribution in [3.8, 4) is 0 Å².